The number of rotatable bonds is 73. The topological polar surface area (TPSA) is 237 Å². The predicted molar refractivity (Wildman–Crippen MR) is 436 cm³/mol. The fourth-order valence-electron chi connectivity index (χ4n) is 9.88. The molecule has 0 radical (unpaired) electrons. The van der Waals surface area contributed by atoms with E-state index in [1.807, 2.05) is 18.2 Å². The summed E-state index contributed by atoms with van der Waals surface area (Å²) in [6.07, 6.45) is 93.1. The number of ether oxygens (including phenoxy) is 4. The SMILES string of the molecule is CC/C=C\C/C=C\C/C=C\C/C=C\C/C=C\C/C=C\CCC(=O)OCC(COP(=O)(O)OCC(O)COP(=O)(O)OCC(COC(=O)CCCCCCCCC/C=C\C/C=C\C/C=C\CC)OC(=O)CCCCCCC/C=C\C/C=C\CCC)OC(=O)CCCCCC/C=C\C/C=C\C/C=C\C/C=C\CC. The Morgan fingerprint density at radius 1 is 0.274 bits per heavy atom. The predicted octanol–water partition coefficient (Wildman–Crippen LogP) is 23.6. The average Bonchev–Trinajstić information content (AvgIpc) is 0.907. The first-order chi connectivity index (χ1) is 51.7. The smallest absolute Gasteiger partial charge is 0.462 e. The largest absolute Gasteiger partial charge is 0.472 e. The van der Waals surface area contributed by atoms with E-state index in [1.165, 1.54) is 0 Å². The first-order valence-electron chi connectivity index (χ1n) is 40.0. The normalized spacial score (nSPS) is 14.8. The van der Waals surface area contributed by atoms with Crippen LogP contribution in [-0.4, -0.2) is 96.7 Å². The quantitative estimate of drug-likeness (QED) is 0.0169. The van der Waals surface area contributed by atoms with Gasteiger partial charge in [0.25, 0.3) is 0 Å². The van der Waals surface area contributed by atoms with Gasteiger partial charge in [-0.2, -0.15) is 0 Å². The van der Waals surface area contributed by atoms with Crippen LogP contribution in [0.5, 0.6) is 0 Å². The lowest BCUT2D eigenvalue weighted by Gasteiger charge is -2.21. The summed E-state index contributed by atoms with van der Waals surface area (Å²) >= 11 is 0. The van der Waals surface area contributed by atoms with Crippen LogP contribution in [0, 0.1) is 0 Å². The van der Waals surface area contributed by atoms with Gasteiger partial charge in [-0.1, -0.05) is 281 Å². The summed E-state index contributed by atoms with van der Waals surface area (Å²) in [7, 11) is -10.0. The third-order valence-corrected chi connectivity index (χ3v) is 17.7. The van der Waals surface area contributed by atoms with Crippen molar-refractivity contribution in [2.75, 3.05) is 39.6 Å². The third-order valence-electron chi connectivity index (χ3n) is 15.8. The first-order valence-corrected chi connectivity index (χ1v) is 43.0. The molecule has 106 heavy (non-hydrogen) atoms. The van der Waals surface area contributed by atoms with Gasteiger partial charge in [-0.15, -0.1) is 0 Å². The Morgan fingerprint density at radius 2 is 0.509 bits per heavy atom. The Morgan fingerprint density at radius 3 is 0.811 bits per heavy atom. The molecule has 0 aliphatic carbocycles. The summed E-state index contributed by atoms with van der Waals surface area (Å²) in [5.74, 6) is -2.34. The lowest BCUT2D eigenvalue weighted by molar-refractivity contribution is -0.161. The van der Waals surface area contributed by atoms with Gasteiger partial charge >= 0.3 is 39.5 Å². The van der Waals surface area contributed by atoms with E-state index in [0.29, 0.717) is 32.1 Å². The number of unbranched alkanes of at least 4 members (excludes halogenated alkanes) is 17. The summed E-state index contributed by atoms with van der Waals surface area (Å²) < 4.78 is 68.5. The number of hydrogen-bond donors (Lipinski definition) is 3. The molecule has 3 N–H and O–H groups in total. The lowest BCUT2D eigenvalue weighted by atomic mass is 10.1. The highest BCUT2D eigenvalue weighted by atomic mass is 31.2. The van der Waals surface area contributed by atoms with Crippen LogP contribution in [0.25, 0.3) is 0 Å². The van der Waals surface area contributed by atoms with E-state index in [0.717, 1.165) is 199 Å². The molecule has 0 aliphatic rings. The van der Waals surface area contributed by atoms with E-state index < -0.39 is 97.5 Å². The highest BCUT2D eigenvalue weighted by molar-refractivity contribution is 7.47. The van der Waals surface area contributed by atoms with Crippen LogP contribution < -0.4 is 0 Å². The average molecular weight is 1520 g/mol. The molecule has 0 rings (SSSR count). The molecule has 0 aromatic carbocycles. The standard InChI is InChI=1S/C87H140O17P2/c1-5-9-13-17-21-25-29-33-36-39-40-43-45-49-52-56-60-64-68-72-85(90)98-78-83(104-87(92)74-70-66-62-58-54-50-46-42-38-35-31-27-23-19-15-11-7-3)80-102-106(95,96)100-76-81(88)75-99-105(93,94)101-79-82(103-86(91)73-69-65-61-57-53-47-32-28-24-20-16-12-8-4)77-97-84(89)71-67-63-59-55-51-48-44-41-37-34-30-26-22-18-14-10-6-2/h9-11,13-16,20-23,25-28,32-38,40,43,46,49-50,52,60,64,81-83,88H,5-8,12,17-19,24,29-31,39,41-42,44-45,47-48,51,53-59,61-63,65-80H2,1-4H3,(H,93,94)(H,95,96)/b13-9-,14-10-,15-11-,20-16-,25-21-,26-22-,27-23-,32-28-,36-33-,37-34-,38-35-,43-40-,50-46-,52-49-,64-60-. The van der Waals surface area contributed by atoms with Crippen molar-refractivity contribution in [2.24, 2.45) is 0 Å². The minimum Gasteiger partial charge on any atom is -0.462 e. The molecular formula is C87H140O17P2. The van der Waals surface area contributed by atoms with Crippen molar-refractivity contribution < 1.29 is 80.2 Å². The van der Waals surface area contributed by atoms with Crippen LogP contribution in [-0.2, 0) is 65.4 Å². The van der Waals surface area contributed by atoms with Crippen molar-refractivity contribution in [3.05, 3.63) is 182 Å². The fourth-order valence-corrected chi connectivity index (χ4v) is 11.5. The highest BCUT2D eigenvalue weighted by Gasteiger charge is 2.30. The van der Waals surface area contributed by atoms with E-state index in [9.17, 15) is 43.2 Å². The monoisotopic (exact) mass is 1520 g/mol. The van der Waals surface area contributed by atoms with Crippen LogP contribution in [0.15, 0.2) is 182 Å². The molecule has 0 aliphatic heterocycles. The Labute approximate surface area is 641 Å². The molecule has 0 amide bonds. The third kappa shape index (κ3) is 76.4. The molecule has 19 heteroatoms. The molecule has 0 aromatic heterocycles. The summed E-state index contributed by atoms with van der Waals surface area (Å²) in [6, 6.07) is 0. The molecule has 0 heterocycles. The fraction of sp³-hybridized carbons (Fsp3) is 0.609. The zero-order valence-corrected chi connectivity index (χ0v) is 67.3. The number of phosphoric ester groups is 2. The van der Waals surface area contributed by atoms with Gasteiger partial charge in [0, 0.05) is 25.7 Å². The Kier molecular flexibility index (Phi) is 73.1. The van der Waals surface area contributed by atoms with Gasteiger partial charge in [0.1, 0.15) is 19.3 Å². The van der Waals surface area contributed by atoms with Crippen molar-refractivity contribution in [1.29, 1.82) is 0 Å². The second kappa shape index (κ2) is 77.3. The Bertz CT molecular complexity index is 2730. The number of aliphatic hydroxyl groups is 1. The highest BCUT2D eigenvalue weighted by Crippen LogP contribution is 2.45. The number of aliphatic hydroxyl groups excluding tert-OH is 1. The minimum absolute atomic E-state index is 0.0233. The Balaban J connectivity index is 5.48. The zero-order chi connectivity index (χ0) is 77.4. The molecule has 0 saturated carbocycles. The van der Waals surface area contributed by atoms with E-state index >= 15 is 0 Å². The molecule has 0 spiro atoms. The van der Waals surface area contributed by atoms with E-state index in [4.69, 9.17) is 37.0 Å². The van der Waals surface area contributed by atoms with Crippen molar-refractivity contribution >= 4 is 39.5 Å². The van der Waals surface area contributed by atoms with Crippen molar-refractivity contribution in [2.45, 2.75) is 303 Å². The van der Waals surface area contributed by atoms with Gasteiger partial charge in [-0.05, 0) is 161 Å². The molecule has 0 fully saturated rings. The maximum absolute atomic E-state index is 13.1. The molecule has 0 bridgehead atoms. The summed E-state index contributed by atoms with van der Waals surface area (Å²) in [6.45, 7) is 4.31. The minimum atomic E-state index is -5.01. The van der Waals surface area contributed by atoms with Crippen molar-refractivity contribution in [1.82, 2.24) is 0 Å². The van der Waals surface area contributed by atoms with Gasteiger partial charge in [-0.3, -0.25) is 37.3 Å². The molecule has 5 unspecified atom stereocenters. The van der Waals surface area contributed by atoms with Crippen LogP contribution in [0.2, 0.25) is 0 Å². The van der Waals surface area contributed by atoms with Gasteiger partial charge in [0.15, 0.2) is 12.2 Å². The maximum Gasteiger partial charge on any atom is 0.472 e. The lowest BCUT2D eigenvalue weighted by Crippen LogP contribution is -2.30. The second-order valence-electron chi connectivity index (χ2n) is 25.9. The molecule has 600 valence electrons. The summed E-state index contributed by atoms with van der Waals surface area (Å²) in [4.78, 5) is 73.0. The molecule has 17 nitrogen and oxygen atoms in total. The molecule has 0 saturated heterocycles. The maximum atomic E-state index is 13.1. The number of carbonyl (C=O) groups is 4. The zero-order valence-electron chi connectivity index (χ0n) is 65.5. The van der Waals surface area contributed by atoms with Crippen LogP contribution in [0.3, 0.4) is 0 Å². The molecule has 0 aromatic rings. The van der Waals surface area contributed by atoms with Gasteiger partial charge < -0.3 is 33.8 Å². The van der Waals surface area contributed by atoms with E-state index in [2.05, 4.69) is 192 Å². The Hall–Kier alpha value is -5.84. The number of phosphoric acid groups is 2. The summed E-state index contributed by atoms with van der Waals surface area (Å²) in [5, 5.41) is 10.6. The number of carbonyl (C=O) groups excluding carboxylic acids is 4. The van der Waals surface area contributed by atoms with Crippen LogP contribution >= 0.6 is 15.6 Å². The van der Waals surface area contributed by atoms with Crippen LogP contribution in [0.4, 0.5) is 0 Å². The summed E-state index contributed by atoms with van der Waals surface area (Å²) in [5.41, 5.74) is 0. The van der Waals surface area contributed by atoms with Gasteiger partial charge in [0.2, 0.25) is 0 Å². The molecular weight excluding hydrogens is 1380 g/mol. The van der Waals surface area contributed by atoms with Crippen molar-refractivity contribution in [3.8, 4) is 0 Å². The molecule has 5 atom stereocenters. The van der Waals surface area contributed by atoms with Gasteiger partial charge in [0.05, 0.1) is 26.4 Å². The first kappa shape index (κ1) is 100. The van der Waals surface area contributed by atoms with Gasteiger partial charge in [-0.25, -0.2) is 9.13 Å². The number of allylic oxidation sites excluding steroid dienone is 30. The number of esters is 4. The number of hydrogen-bond acceptors (Lipinski definition) is 15. The van der Waals surface area contributed by atoms with Crippen LogP contribution in [0.1, 0.15) is 285 Å². The van der Waals surface area contributed by atoms with Crippen molar-refractivity contribution in [3.63, 3.8) is 0 Å². The van der Waals surface area contributed by atoms with E-state index in [1.54, 1.807) is 0 Å². The second-order valence-corrected chi connectivity index (χ2v) is 28.8. The van der Waals surface area contributed by atoms with E-state index in [-0.39, 0.29) is 25.7 Å².